The monoisotopic (exact) mass is 252 g/mol. The summed E-state index contributed by atoms with van der Waals surface area (Å²) in [5.41, 5.74) is 0.775. The second-order valence-corrected chi connectivity index (χ2v) is 4.94. The van der Waals surface area contributed by atoms with Gasteiger partial charge in [0.15, 0.2) is 0 Å². The molecule has 0 spiro atoms. The maximum atomic E-state index is 11.6. The van der Waals surface area contributed by atoms with E-state index in [9.17, 15) is 4.79 Å². The lowest BCUT2D eigenvalue weighted by molar-refractivity contribution is 0.0605. The van der Waals surface area contributed by atoms with E-state index in [2.05, 4.69) is 16.9 Å². The smallest absolute Gasteiger partial charge is 0.434 e. The standard InChI is InChI=1S/C14H24N2O2/c1-7-9-12(11(3)15-10-8-2)16-13(17)18-14(4,5)6/h7,9H,8,10H2,1-6H3/b9-7-,15-11?,16-12?. The van der Waals surface area contributed by atoms with Crippen molar-refractivity contribution >= 4 is 17.5 Å². The summed E-state index contributed by atoms with van der Waals surface area (Å²) in [7, 11) is 0. The predicted molar refractivity (Wildman–Crippen MR) is 76.8 cm³/mol. The molecule has 0 heterocycles. The Morgan fingerprint density at radius 2 is 1.94 bits per heavy atom. The fourth-order valence-corrected chi connectivity index (χ4v) is 1.14. The van der Waals surface area contributed by atoms with Crippen molar-refractivity contribution in [1.29, 1.82) is 0 Å². The van der Waals surface area contributed by atoms with Crippen LogP contribution < -0.4 is 0 Å². The van der Waals surface area contributed by atoms with E-state index in [-0.39, 0.29) is 0 Å². The van der Waals surface area contributed by atoms with Crippen molar-refractivity contribution < 1.29 is 9.53 Å². The van der Waals surface area contributed by atoms with Crippen LogP contribution >= 0.6 is 0 Å². The molecule has 0 N–H and O–H groups in total. The Labute approximate surface area is 110 Å². The van der Waals surface area contributed by atoms with Crippen LogP contribution in [0.2, 0.25) is 0 Å². The third kappa shape index (κ3) is 7.76. The number of hydrogen-bond acceptors (Lipinski definition) is 3. The van der Waals surface area contributed by atoms with Gasteiger partial charge in [0.1, 0.15) is 5.60 Å². The molecule has 18 heavy (non-hydrogen) atoms. The maximum absolute atomic E-state index is 11.6. The minimum Gasteiger partial charge on any atom is -0.442 e. The van der Waals surface area contributed by atoms with Crippen LogP contribution in [-0.4, -0.2) is 29.7 Å². The Balaban J connectivity index is 4.94. The molecule has 0 aromatic carbocycles. The third-order valence-corrected chi connectivity index (χ3v) is 1.87. The first-order chi connectivity index (χ1) is 8.30. The summed E-state index contributed by atoms with van der Waals surface area (Å²) in [6.07, 6.45) is 3.97. The topological polar surface area (TPSA) is 51.0 Å². The number of nitrogens with zero attached hydrogens (tertiary/aromatic N) is 2. The Bertz CT molecular complexity index is 360. The van der Waals surface area contributed by atoms with Gasteiger partial charge in [-0.1, -0.05) is 13.0 Å². The summed E-state index contributed by atoms with van der Waals surface area (Å²) in [6.45, 7) is 11.9. The molecule has 0 aromatic heterocycles. The van der Waals surface area contributed by atoms with Crippen LogP contribution in [-0.2, 0) is 4.74 Å². The van der Waals surface area contributed by atoms with Gasteiger partial charge in [0, 0.05) is 6.54 Å². The van der Waals surface area contributed by atoms with Gasteiger partial charge in [-0.2, -0.15) is 4.99 Å². The van der Waals surface area contributed by atoms with E-state index in [1.807, 2.05) is 40.7 Å². The van der Waals surface area contributed by atoms with E-state index in [4.69, 9.17) is 4.74 Å². The van der Waals surface area contributed by atoms with Crippen LogP contribution in [0.15, 0.2) is 22.1 Å². The quantitative estimate of drug-likeness (QED) is 0.714. The first-order valence-electron chi connectivity index (χ1n) is 6.26. The zero-order chi connectivity index (χ0) is 14.2. The number of aliphatic imine (C=N–C) groups is 2. The zero-order valence-electron chi connectivity index (χ0n) is 12.3. The molecule has 0 saturated heterocycles. The minimum atomic E-state index is -0.582. The Morgan fingerprint density at radius 1 is 1.33 bits per heavy atom. The maximum Gasteiger partial charge on any atom is 0.434 e. The van der Waals surface area contributed by atoms with Crippen molar-refractivity contribution in [3.05, 3.63) is 12.2 Å². The van der Waals surface area contributed by atoms with Crippen LogP contribution in [0.5, 0.6) is 0 Å². The van der Waals surface area contributed by atoms with Crippen molar-refractivity contribution in [2.45, 2.75) is 53.6 Å². The van der Waals surface area contributed by atoms with Crippen molar-refractivity contribution in [1.82, 2.24) is 0 Å². The van der Waals surface area contributed by atoms with Gasteiger partial charge in [0.25, 0.3) is 0 Å². The number of allylic oxidation sites excluding steroid dienone is 2. The lowest BCUT2D eigenvalue weighted by Gasteiger charge is -2.17. The van der Waals surface area contributed by atoms with Crippen LogP contribution in [0.1, 0.15) is 48.0 Å². The molecule has 0 aliphatic carbocycles. The van der Waals surface area contributed by atoms with E-state index in [1.54, 1.807) is 6.08 Å². The summed E-state index contributed by atoms with van der Waals surface area (Å²) < 4.78 is 5.15. The molecule has 0 aromatic rings. The van der Waals surface area contributed by atoms with Gasteiger partial charge in [-0.25, -0.2) is 4.79 Å². The zero-order valence-corrected chi connectivity index (χ0v) is 12.3. The highest BCUT2D eigenvalue weighted by Gasteiger charge is 2.16. The van der Waals surface area contributed by atoms with Gasteiger partial charge >= 0.3 is 6.09 Å². The van der Waals surface area contributed by atoms with Gasteiger partial charge in [-0.15, -0.1) is 0 Å². The van der Waals surface area contributed by atoms with Gasteiger partial charge in [-0.05, 0) is 47.1 Å². The van der Waals surface area contributed by atoms with E-state index >= 15 is 0 Å². The molecule has 0 aliphatic rings. The molecular formula is C14H24N2O2. The van der Waals surface area contributed by atoms with Crippen LogP contribution in [0, 0.1) is 0 Å². The molecule has 0 fully saturated rings. The molecule has 1 amide bonds. The highest BCUT2D eigenvalue weighted by atomic mass is 16.6. The third-order valence-electron chi connectivity index (χ3n) is 1.87. The molecule has 0 unspecified atom stereocenters. The van der Waals surface area contributed by atoms with Gasteiger partial charge < -0.3 is 4.74 Å². The first-order valence-corrected chi connectivity index (χ1v) is 6.26. The van der Waals surface area contributed by atoms with Crippen molar-refractivity contribution in [2.75, 3.05) is 6.54 Å². The minimum absolute atomic E-state index is 0.532. The van der Waals surface area contributed by atoms with Crippen LogP contribution in [0.25, 0.3) is 0 Å². The number of hydrogen-bond donors (Lipinski definition) is 0. The molecule has 0 aliphatic heterocycles. The molecule has 0 bridgehead atoms. The average Bonchev–Trinajstić information content (AvgIpc) is 2.22. The second kappa shape index (κ2) is 7.80. The van der Waals surface area contributed by atoms with E-state index in [1.165, 1.54) is 0 Å². The largest absolute Gasteiger partial charge is 0.442 e. The number of amides is 1. The molecule has 102 valence electrons. The number of rotatable bonds is 4. The normalized spacial score (nSPS) is 14.1. The SMILES string of the molecule is C/C=C\C(=NC(=O)OC(C)(C)C)C(C)=NCCC. The van der Waals surface area contributed by atoms with Crippen molar-refractivity contribution in [3.8, 4) is 0 Å². The molecule has 0 rings (SSSR count). The average molecular weight is 252 g/mol. The molecule has 0 atom stereocenters. The van der Waals surface area contributed by atoms with E-state index in [0.29, 0.717) is 5.71 Å². The lowest BCUT2D eigenvalue weighted by atomic mass is 10.2. The van der Waals surface area contributed by atoms with Gasteiger partial charge in [0.05, 0.1) is 11.4 Å². The summed E-state index contributed by atoms with van der Waals surface area (Å²) >= 11 is 0. The van der Waals surface area contributed by atoms with E-state index in [0.717, 1.165) is 18.7 Å². The Hall–Kier alpha value is -1.45. The van der Waals surface area contributed by atoms with Gasteiger partial charge in [0.2, 0.25) is 0 Å². The molecule has 0 saturated carbocycles. The van der Waals surface area contributed by atoms with E-state index < -0.39 is 11.7 Å². The number of carbonyl (C=O) groups is 1. The molecule has 4 nitrogen and oxygen atoms in total. The summed E-state index contributed by atoms with van der Waals surface area (Å²) in [5.74, 6) is 0. The van der Waals surface area contributed by atoms with Crippen LogP contribution in [0.4, 0.5) is 4.79 Å². The highest BCUT2D eigenvalue weighted by molar-refractivity contribution is 6.46. The molecule has 4 heteroatoms. The number of ether oxygens (including phenoxy) is 1. The molecular weight excluding hydrogens is 228 g/mol. The van der Waals surface area contributed by atoms with Crippen LogP contribution in [0.3, 0.4) is 0 Å². The Kier molecular flexibility index (Phi) is 7.17. The summed E-state index contributed by atoms with van der Waals surface area (Å²) in [4.78, 5) is 19.9. The highest BCUT2D eigenvalue weighted by Crippen LogP contribution is 2.08. The summed E-state index contributed by atoms with van der Waals surface area (Å²) in [5, 5.41) is 0. The lowest BCUT2D eigenvalue weighted by Crippen LogP contribution is -2.23. The fourth-order valence-electron chi connectivity index (χ4n) is 1.14. The number of carbonyl (C=O) groups excluding carboxylic acids is 1. The predicted octanol–water partition coefficient (Wildman–Crippen LogP) is 3.81. The fraction of sp³-hybridized carbons (Fsp3) is 0.643. The summed E-state index contributed by atoms with van der Waals surface area (Å²) in [6, 6.07) is 0. The first kappa shape index (κ1) is 16.6. The van der Waals surface area contributed by atoms with Crippen molar-refractivity contribution in [3.63, 3.8) is 0 Å². The Morgan fingerprint density at radius 3 is 2.39 bits per heavy atom. The second-order valence-electron chi connectivity index (χ2n) is 4.94. The van der Waals surface area contributed by atoms with Gasteiger partial charge in [-0.3, -0.25) is 4.99 Å². The molecule has 0 radical (unpaired) electrons. The van der Waals surface area contributed by atoms with Crippen molar-refractivity contribution in [2.24, 2.45) is 9.98 Å².